The van der Waals surface area contributed by atoms with E-state index >= 15 is 0 Å². The third-order valence-corrected chi connectivity index (χ3v) is 4.99. The normalized spacial score (nSPS) is 11.1. The molecular weight excluding hydrogens is 310 g/mol. The molecule has 0 unspecified atom stereocenters. The fourth-order valence-corrected chi connectivity index (χ4v) is 3.03. The van der Waals surface area contributed by atoms with Crippen molar-refractivity contribution in [3.8, 4) is 0 Å². The van der Waals surface area contributed by atoms with Crippen molar-refractivity contribution in [2.75, 3.05) is 11.1 Å². The van der Waals surface area contributed by atoms with Crippen molar-refractivity contribution < 1.29 is 13.2 Å². The number of carbonyl (C=O) groups is 1. The average molecular weight is 324 g/mol. The van der Waals surface area contributed by atoms with Gasteiger partial charge in [-0.1, -0.05) is 30.7 Å². The highest BCUT2D eigenvalue weighted by Crippen LogP contribution is 2.19. The molecular formula is C15H14ClNO3S. The highest BCUT2D eigenvalue weighted by atomic mass is 35.5. The number of anilines is 1. The lowest BCUT2D eigenvalue weighted by Gasteiger charge is -2.10. The number of hydrogen-bond acceptors (Lipinski definition) is 3. The van der Waals surface area contributed by atoms with Crippen LogP contribution in [0, 0.1) is 0 Å². The lowest BCUT2D eigenvalue weighted by Crippen LogP contribution is -2.17. The number of carbonyl (C=O) groups excluding carboxylic acids is 1. The minimum absolute atomic E-state index is 0.0407. The first-order valence-corrected chi connectivity index (χ1v) is 8.36. The van der Waals surface area contributed by atoms with Crippen molar-refractivity contribution in [1.82, 2.24) is 0 Å². The van der Waals surface area contributed by atoms with Crippen LogP contribution >= 0.6 is 11.6 Å². The first kappa shape index (κ1) is 15.5. The highest BCUT2D eigenvalue weighted by molar-refractivity contribution is 7.91. The van der Waals surface area contributed by atoms with Crippen LogP contribution in [0.3, 0.4) is 0 Å². The Morgan fingerprint density at radius 1 is 1.10 bits per heavy atom. The summed E-state index contributed by atoms with van der Waals surface area (Å²) < 4.78 is 24.1. The number of sulfone groups is 1. The van der Waals surface area contributed by atoms with E-state index in [1.165, 1.54) is 12.1 Å². The maximum Gasteiger partial charge on any atom is 0.256 e. The van der Waals surface area contributed by atoms with Gasteiger partial charge in [-0.15, -0.1) is 0 Å². The Hall–Kier alpha value is -1.85. The first-order valence-electron chi connectivity index (χ1n) is 6.33. The van der Waals surface area contributed by atoms with Gasteiger partial charge in [-0.25, -0.2) is 8.42 Å². The summed E-state index contributed by atoms with van der Waals surface area (Å²) >= 11 is 5.78. The first-order chi connectivity index (χ1) is 9.94. The predicted molar refractivity (Wildman–Crippen MR) is 83.6 cm³/mol. The summed E-state index contributed by atoms with van der Waals surface area (Å²) in [4.78, 5) is 12.3. The van der Waals surface area contributed by atoms with Gasteiger partial charge in [-0.05, 0) is 36.4 Å². The SMILES string of the molecule is CCS(=O)(=O)c1ccccc1C(=O)Nc1ccc(Cl)cc1. The smallest absolute Gasteiger partial charge is 0.256 e. The minimum Gasteiger partial charge on any atom is -0.322 e. The number of amides is 1. The quantitative estimate of drug-likeness (QED) is 0.938. The van der Waals surface area contributed by atoms with Gasteiger partial charge in [-0.3, -0.25) is 4.79 Å². The van der Waals surface area contributed by atoms with Crippen LogP contribution in [0.25, 0.3) is 0 Å². The predicted octanol–water partition coefficient (Wildman–Crippen LogP) is 3.39. The Bertz CT molecular complexity index is 755. The lowest BCUT2D eigenvalue weighted by atomic mass is 10.2. The summed E-state index contributed by atoms with van der Waals surface area (Å²) in [6.45, 7) is 1.54. The second-order valence-corrected chi connectivity index (χ2v) is 7.04. The molecule has 0 saturated heterocycles. The van der Waals surface area contributed by atoms with Crippen LogP contribution in [0.15, 0.2) is 53.4 Å². The topological polar surface area (TPSA) is 63.2 Å². The molecule has 0 aromatic heterocycles. The van der Waals surface area contributed by atoms with Gasteiger partial charge in [0.1, 0.15) is 0 Å². The van der Waals surface area contributed by atoms with Crippen LogP contribution in [0.1, 0.15) is 17.3 Å². The molecule has 0 spiro atoms. The molecule has 21 heavy (non-hydrogen) atoms. The molecule has 6 heteroatoms. The zero-order valence-corrected chi connectivity index (χ0v) is 12.9. The van der Waals surface area contributed by atoms with E-state index in [1.807, 2.05) is 0 Å². The fraction of sp³-hybridized carbons (Fsp3) is 0.133. The summed E-state index contributed by atoms with van der Waals surface area (Å²) in [6, 6.07) is 12.8. The molecule has 0 bridgehead atoms. The van der Waals surface area contributed by atoms with Gasteiger partial charge in [0, 0.05) is 10.7 Å². The maximum absolute atomic E-state index is 12.3. The minimum atomic E-state index is -3.45. The summed E-state index contributed by atoms with van der Waals surface area (Å²) in [5.74, 6) is -0.525. The van der Waals surface area contributed by atoms with Crippen molar-refractivity contribution in [2.45, 2.75) is 11.8 Å². The lowest BCUT2D eigenvalue weighted by molar-refractivity contribution is 0.102. The molecule has 110 valence electrons. The number of hydrogen-bond donors (Lipinski definition) is 1. The zero-order valence-electron chi connectivity index (χ0n) is 11.3. The van der Waals surface area contributed by atoms with E-state index in [0.29, 0.717) is 10.7 Å². The molecule has 0 fully saturated rings. The number of halogens is 1. The fourth-order valence-electron chi connectivity index (χ4n) is 1.81. The third-order valence-electron chi connectivity index (χ3n) is 2.95. The van der Waals surface area contributed by atoms with E-state index in [2.05, 4.69) is 5.32 Å². The molecule has 1 amide bonds. The molecule has 0 aliphatic carbocycles. The van der Waals surface area contributed by atoms with E-state index < -0.39 is 15.7 Å². The van der Waals surface area contributed by atoms with E-state index in [1.54, 1.807) is 43.3 Å². The second kappa shape index (κ2) is 6.28. The highest BCUT2D eigenvalue weighted by Gasteiger charge is 2.20. The van der Waals surface area contributed by atoms with Gasteiger partial charge < -0.3 is 5.32 Å². The molecule has 0 atom stereocenters. The van der Waals surface area contributed by atoms with E-state index in [9.17, 15) is 13.2 Å². The summed E-state index contributed by atoms with van der Waals surface area (Å²) in [6.07, 6.45) is 0. The van der Waals surface area contributed by atoms with Crippen molar-refractivity contribution in [1.29, 1.82) is 0 Å². The third kappa shape index (κ3) is 3.62. The molecule has 0 radical (unpaired) electrons. The van der Waals surface area contributed by atoms with Gasteiger partial charge in [-0.2, -0.15) is 0 Å². The Morgan fingerprint density at radius 2 is 1.71 bits per heavy atom. The average Bonchev–Trinajstić information content (AvgIpc) is 2.49. The van der Waals surface area contributed by atoms with E-state index in [0.717, 1.165) is 0 Å². The molecule has 2 aromatic carbocycles. The number of nitrogens with one attached hydrogen (secondary N) is 1. The van der Waals surface area contributed by atoms with Crippen LogP contribution in [-0.2, 0) is 9.84 Å². The molecule has 1 N–H and O–H groups in total. The maximum atomic E-state index is 12.3. The standard InChI is InChI=1S/C15H14ClNO3S/c1-2-21(19,20)14-6-4-3-5-13(14)15(18)17-12-9-7-11(16)8-10-12/h3-10H,2H2,1H3,(H,17,18). The largest absolute Gasteiger partial charge is 0.322 e. The van der Waals surface area contributed by atoms with Gasteiger partial charge in [0.25, 0.3) is 5.91 Å². The molecule has 4 nitrogen and oxygen atoms in total. The second-order valence-electron chi connectivity index (χ2n) is 4.36. The van der Waals surface area contributed by atoms with Crippen molar-refractivity contribution in [2.24, 2.45) is 0 Å². The number of rotatable bonds is 4. The van der Waals surface area contributed by atoms with Crippen molar-refractivity contribution in [3.05, 3.63) is 59.1 Å². The summed E-state index contributed by atoms with van der Waals surface area (Å²) in [5.41, 5.74) is 0.683. The summed E-state index contributed by atoms with van der Waals surface area (Å²) in [7, 11) is -3.45. The van der Waals surface area contributed by atoms with Gasteiger partial charge in [0.05, 0.1) is 16.2 Å². The van der Waals surface area contributed by atoms with Crippen molar-refractivity contribution >= 4 is 33.0 Å². The van der Waals surface area contributed by atoms with Gasteiger partial charge >= 0.3 is 0 Å². The van der Waals surface area contributed by atoms with Gasteiger partial charge in [0.2, 0.25) is 0 Å². The Morgan fingerprint density at radius 3 is 2.33 bits per heavy atom. The Balaban J connectivity index is 2.34. The molecule has 0 saturated carbocycles. The molecule has 0 aliphatic rings. The Labute approximate surface area is 128 Å². The van der Waals surface area contributed by atoms with Crippen LogP contribution in [0.5, 0.6) is 0 Å². The van der Waals surface area contributed by atoms with Crippen molar-refractivity contribution in [3.63, 3.8) is 0 Å². The van der Waals surface area contributed by atoms with Crippen LogP contribution < -0.4 is 5.32 Å². The number of benzene rings is 2. The molecule has 2 aromatic rings. The summed E-state index contributed by atoms with van der Waals surface area (Å²) in [5, 5.41) is 3.22. The molecule has 0 heterocycles. The van der Waals surface area contributed by atoms with Crippen LogP contribution in [0.2, 0.25) is 5.02 Å². The Kier molecular flexibility index (Phi) is 4.65. The molecule has 2 rings (SSSR count). The van der Waals surface area contributed by atoms with E-state index in [-0.39, 0.29) is 16.2 Å². The molecule has 0 aliphatic heterocycles. The zero-order chi connectivity index (χ0) is 15.5. The van der Waals surface area contributed by atoms with E-state index in [4.69, 9.17) is 11.6 Å². The van der Waals surface area contributed by atoms with Crippen LogP contribution in [0.4, 0.5) is 5.69 Å². The van der Waals surface area contributed by atoms with Gasteiger partial charge in [0.15, 0.2) is 9.84 Å². The monoisotopic (exact) mass is 323 g/mol. The van der Waals surface area contributed by atoms with Crippen LogP contribution in [-0.4, -0.2) is 20.1 Å².